The molecule has 0 unspecified atom stereocenters. The molecule has 2 rings (SSSR count). The van der Waals surface area contributed by atoms with Crippen molar-refractivity contribution in [1.82, 2.24) is 9.97 Å². The third-order valence-electron chi connectivity index (χ3n) is 3.05. The Morgan fingerprint density at radius 2 is 2.24 bits per heavy atom. The summed E-state index contributed by atoms with van der Waals surface area (Å²) in [7, 11) is 0. The topological polar surface area (TPSA) is 41.1 Å². The predicted octanol–water partition coefficient (Wildman–Crippen LogP) is 2.53. The van der Waals surface area contributed by atoms with E-state index >= 15 is 0 Å². The van der Waals surface area contributed by atoms with Gasteiger partial charge in [-0.05, 0) is 45.6 Å². The summed E-state index contributed by atoms with van der Waals surface area (Å²) < 4.78 is 0. The Kier molecular flexibility index (Phi) is 3.82. The van der Waals surface area contributed by atoms with E-state index in [1.165, 1.54) is 12.8 Å². The van der Waals surface area contributed by atoms with Crippen LogP contribution in [-0.2, 0) is 0 Å². The van der Waals surface area contributed by atoms with E-state index in [9.17, 15) is 0 Å². The maximum absolute atomic E-state index is 4.57. The first kappa shape index (κ1) is 12.1. The van der Waals surface area contributed by atoms with Crippen LogP contribution < -0.4 is 10.2 Å². The quantitative estimate of drug-likeness (QED) is 0.821. The molecule has 1 heterocycles. The molecule has 0 amide bonds. The Labute approximate surface area is 103 Å². The van der Waals surface area contributed by atoms with Crippen molar-refractivity contribution < 1.29 is 0 Å². The van der Waals surface area contributed by atoms with Gasteiger partial charge in [-0.1, -0.05) is 0 Å². The van der Waals surface area contributed by atoms with Crippen LogP contribution in [0.3, 0.4) is 0 Å². The van der Waals surface area contributed by atoms with Gasteiger partial charge in [-0.3, -0.25) is 0 Å². The normalized spacial score (nSPS) is 15.1. The monoisotopic (exact) mass is 234 g/mol. The molecule has 1 aromatic rings. The van der Waals surface area contributed by atoms with Gasteiger partial charge >= 0.3 is 0 Å². The van der Waals surface area contributed by atoms with E-state index in [2.05, 4.69) is 41.0 Å². The molecule has 1 aromatic heterocycles. The average Bonchev–Trinajstić information content (AvgIpc) is 3.10. The summed E-state index contributed by atoms with van der Waals surface area (Å²) in [5, 5.41) is 3.16. The molecule has 1 N–H and O–H groups in total. The summed E-state index contributed by atoms with van der Waals surface area (Å²) in [6.45, 7) is 8.48. The smallest absolute Gasteiger partial charge is 0.224 e. The van der Waals surface area contributed by atoms with Crippen LogP contribution >= 0.6 is 0 Å². The Bertz CT molecular complexity index is 360. The Balaban J connectivity index is 2.12. The van der Waals surface area contributed by atoms with Crippen LogP contribution in [0.2, 0.25) is 0 Å². The van der Waals surface area contributed by atoms with Gasteiger partial charge in [-0.2, -0.15) is 4.98 Å². The van der Waals surface area contributed by atoms with Crippen molar-refractivity contribution >= 4 is 11.8 Å². The van der Waals surface area contributed by atoms with Gasteiger partial charge in [-0.15, -0.1) is 0 Å². The summed E-state index contributed by atoms with van der Waals surface area (Å²) in [5.74, 6) is 2.64. The summed E-state index contributed by atoms with van der Waals surface area (Å²) >= 11 is 0. The van der Waals surface area contributed by atoms with Gasteiger partial charge in [-0.25, -0.2) is 4.98 Å². The van der Waals surface area contributed by atoms with Crippen molar-refractivity contribution in [2.75, 3.05) is 23.3 Å². The zero-order valence-corrected chi connectivity index (χ0v) is 11.0. The highest BCUT2D eigenvalue weighted by molar-refractivity contribution is 5.43. The number of rotatable bonds is 6. The van der Waals surface area contributed by atoms with Crippen LogP contribution in [0.25, 0.3) is 0 Å². The second kappa shape index (κ2) is 5.34. The predicted molar refractivity (Wildman–Crippen MR) is 71.4 cm³/mol. The van der Waals surface area contributed by atoms with Gasteiger partial charge < -0.3 is 10.2 Å². The summed E-state index contributed by atoms with van der Waals surface area (Å²) in [6.07, 6.45) is 4.57. The molecule has 0 bridgehead atoms. The van der Waals surface area contributed by atoms with Crippen molar-refractivity contribution in [3.8, 4) is 0 Å². The maximum atomic E-state index is 4.57. The minimum atomic E-state index is 0.486. The van der Waals surface area contributed by atoms with Gasteiger partial charge in [0, 0.05) is 25.3 Å². The average molecular weight is 234 g/mol. The molecule has 0 aliphatic heterocycles. The van der Waals surface area contributed by atoms with Crippen molar-refractivity contribution in [2.24, 2.45) is 5.92 Å². The van der Waals surface area contributed by atoms with E-state index < -0.39 is 0 Å². The standard InChI is InChI=1S/C13H22N4/c1-4-14-13-15-8-7-12(16-13)17(10(2)3)9-11-5-6-11/h7-8,10-11H,4-6,9H2,1-3H3,(H,14,15,16). The molecule has 0 saturated heterocycles. The fraction of sp³-hybridized carbons (Fsp3) is 0.692. The number of nitrogens with zero attached hydrogens (tertiary/aromatic N) is 3. The first-order chi connectivity index (χ1) is 8.20. The van der Waals surface area contributed by atoms with Gasteiger partial charge in [0.05, 0.1) is 0 Å². The summed E-state index contributed by atoms with van der Waals surface area (Å²) in [5.41, 5.74) is 0. The lowest BCUT2D eigenvalue weighted by Crippen LogP contribution is -2.33. The van der Waals surface area contributed by atoms with E-state index in [1.807, 2.05) is 12.3 Å². The molecule has 0 atom stereocenters. The number of anilines is 2. The third kappa shape index (κ3) is 3.32. The number of aromatic nitrogens is 2. The van der Waals surface area contributed by atoms with Gasteiger partial charge in [0.2, 0.25) is 5.95 Å². The lowest BCUT2D eigenvalue weighted by atomic mass is 10.2. The first-order valence-electron chi connectivity index (χ1n) is 6.54. The maximum Gasteiger partial charge on any atom is 0.224 e. The molecular formula is C13H22N4. The molecular weight excluding hydrogens is 212 g/mol. The van der Waals surface area contributed by atoms with Crippen LogP contribution in [0.5, 0.6) is 0 Å². The zero-order valence-electron chi connectivity index (χ0n) is 11.0. The van der Waals surface area contributed by atoms with Crippen molar-refractivity contribution in [3.63, 3.8) is 0 Å². The van der Waals surface area contributed by atoms with Crippen molar-refractivity contribution in [1.29, 1.82) is 0 Å². The molecule has 4 nitrogen and oxygen atoms in total. The molecule has 1 aliphatic rings. The van der Waals surface area contributed by atoms with Crippen LogP contribution in [-0.4, -0.2) is 29.1 Å². The highest BCUT2D eigenvalue weighted by atomic mass is 15.2. The van der Waals surface area contributed by atoms with Gasteiger partial charge in [0.25, 0.3) is 0 Å². The first-order valence-corrected chi connectivity index (χ1v) is 6.54. The minimum absolute atomic E-state index is 0.486. The van der Waals surface area contributed by atoms with E-state index in [4.69, 9.17) is 0 Å². The van der Waals surface area contributed by atoms with Crippen LogP contribution in [0.1, 0.15) is 33.6 Å². The Hall–Kier alpha value is -1.32. The highest BCUT2D eigenvalue weighted by Crippen LogP contribution is 2.31. The summed E-state index contributed by atoms with van der Waals surface area (Å²) in [6, 6.07) is 2.49. The number of hydrogen-bond donors (Lipinski definition) is 1. The lowest BCUT2D eigenvalue weighted by Gasteiger charge is -2.28. The SMILES string of the molecule is CCNc1nccc(N(CC2CC2)C(C)C)n1. The van der Waals surface area contributed by atoms with E-state index in [0.717, 1.165) is 30.8 Å². The van der Waals surface area contributed by atoms with Crippen LogP contribution in [0.4, 0.5) is 11.8 Å². The molecule has 0 aromatic carbocycles. The fourth-order valence-electron chi connectivity index (χ4n) is 1.90. The molecule has 94 valence electrons. The number of nitrogens with one attached hydrogen (secondary N) is 1. The Morgan fingerprint density at radius 1 is 1.47 bits per heavy atom. The highest BCUT2D eigenvalue weighted by Gasteiger charge is 2.26. The number of hydrogen-bond acceptors (Lipinski definition) is 4. The lowest BCUT2D eigenvalue weighted by molar-refractivity contribution is 0.636. The van der Waals surface area contributed by atoms with Crippen LogP contribution in [0, 0.1) is 5.92 Å². The fourth-order valence-corrected chi connectivity index (χ4v) is 1.90. The zero-order chi connectivity index (χ0) is 12.3. The molecule has 4 heteroatoms. The van der Waals surface area contributed by atoms with Gasteiger partial charge in [0.1, 0.15) is 5.82 Å². The van der Waals surface area contributed by atoms with E-state index in [-0.39, 0.29) is 0 Å². The van der Waals surface area contributed by atoms with E-state index in [0.29, 0.717) is 6.04 Å². The summed E-state index contributed by atoms with van der Waals surface area (Å²) in [4.78, 5) is 11.2. The van der Waals surface area contributed by atoms with Crippen molar-refractivity contribution in [3.05, 3.63) is 12.3 Å². The molecule has 1 saturated carbocycles. The van der Waals surface area contributed by atoms with Crippen molar-refractivity contribution in [2.45, 2.75) is 39.7 Å². The van der Waals surface area contributed by atoms with Crippen LogP contribution in [0.15, 0.2) is 12.3 Å². The second-order valence-electron chi connectivity index (χ2n) is 4.96. The van der Waals surface area contributed by atoms with Gasteiger partial charge in [0.15, 0.2) is 0 Å². The molecule has 1 fully saturated rings. The molecule has 0 radical (unpaired) electrons. The molecule has 17 heavy (non-hydrogen) atoms. The molecule has 1 aliphatic carbocycles. The van der Waals surface area contributed by atoms with E-state index in [1.54, 1.807) is 0 Å². The largest absolute Gasteiger partial charge is 0.354 e. The molecule has 0 spiro atoms. The Morgan fingerprint density at radius 3 is 2.82 bits per heavy atom. The third-order valence-corrected chi connectivity index (χ3v) is 3.05. The minimum Gasteiger partial charge on any atom is -0.354 e. The second-order valence-corrected chi connectivity index (χ2v) is 4.96.